The topological polar surface area (TPSA) is 95.5 Å². The van der Waals surface area contributed by atoms with Gasteiger partial charge in [-0.05, 0) is 11.8 Å². The highest BCUT2D eigenvalue weighted by Crippen LogP contribution is 2.19. The molecule has 0 rings (SSSR count). The van der Waals surface area contributed by atoms with Crippen molar-refractivity contribution in [3.8, 4) is 0 Å². The molecule has 2 amide bonds. The van der Waals surface area contributed by atoms with Crippen molar-refractivity contribution in [3.05, 3.63) is 0 Å². The van der Waals surface area contributed by atoms with Gasteiger partial charge >= 0.3 is 12.0 Å². The van der Waals surface area contributed by atoms with Crippen LogP contribution in [-0.2, 0) is 15.6 Å². The molecule has 3 N–H and O–H groups in total. The summed E-state index contributed by atoms with van der Waals surface area (Å²) >= 11 is 0. The Labute approximate surface area is 116 Å². The molecule has 0 radical (unpaired) electrons. The maximum absolute atomic E-state index is 11.6. The van der Waals surface area contributed by atoms with Crippen molar-refractivity contribution in [1.29, 1.82) is 0 Å². The van der Waals surface area contributed by atoms with Crippen molar-refractivity contribution in [2.45, 2.75) is 45.4 Å². The number of hydrogen-bond acceptors (Lipinski definition) is 3. The van der Waals surface area contributed by atoms with Crippen molar-refractivity contribution < 1.29 is 18.9 Å². The van der Waals surface area contributed by atoms with Gasteiger partial charge in [0.05, 0.1) is 0 Å². The molecule has 0 fully saturated rings. The van der Waals surface area contributed by atoms with Crippen LogP contribution in [0, 0.1) is 5.41 Å². The molecule has 0 bridgehead atoms. The molecule has 112 valence electrons. The first-order valence-electron chi connectivity index (χ1n) is 6.15. The molecule has 19 heavy (non-hydrogen) atoms. The molecule has 0 aliphatic carbocycles. The zero-order chi connectivity index (χ0) is 15.2. The normalized spacial score (nSPS) is 16.3. The van der Waals surface area contributed by atoms with Crippen LogP contribution in [0.15, 0.2) is 0 Å². The largest absolute Gasteiger partial charge is 0.480 e. The second kappa shape index (κ2) is 7.47. The number of carbonyl (C=O) groups is 2. The number of rotatable bonds is 6. The highest BCUT2D eigenvalue weighted by Gasteiger charge is 2.32. The molecule has 2 unspecified atom stereocenters. The molecule has 3 atom stereocenters. The predicted octanol–water partition coefficient (Wildman–Crippen LogP) is 0.942. The highest BCUT2D eigenvalue weighted by atomic mass is 32.2. The van der Waals surface area contributed by atoms with E-state index in [0.29, 0.717) is 13.0 Å². The standard InChI is InChI=1S/C12H24N2O4S/c1-8(19(5)18)6-7-13-11(17)14-9(10(15)16)12(2,3)4/h8-9H,6-7H2,1-5H3,(H,15,16)(H2,13,14,17)/t8?,9-,19?/m0/s1. The number of amides is 2. The summed E-state index contributed by atoms with van der Waals surface area (Å²) in [6.07, 6.45) is 2.20. The third kappa shape index (κ3) is 7.15. The molecule has 0 aromatic rings. The first-order chi connectivity index (χ1) is 8.55. The third-order valence-corrected chi connectivity index (χ3v) is 4.16. The minimum Gasteiger partial charge on any atom is -0.480 e. The molecule has 0 saturated heterocycles. The van der Waals surface area contributed by atoms with Crippen LogP contribution in [-0.4, -0.2) is 45.4 Å². The molecule has 0 aliphatic rings. The average Bonchev–Trinajstić information content (AvgIpc) is 2.23. The van der Waals surface area contributed by atoms with Crippen LogP contribution in [0.1, 0.15) is 34.1 Å². The van der Waals surface area contributed by atoms with Gasteiger partial charge < -0.3 is 15.7 Å². The lowest BCUT2D eigenvalue weighted by molar-refractivity contribution is -0.141. The second-order valence-electron chi connectivity index (χ2n) is 5.64. The summed E-state index contributed by atoms with van der Waals surface area (Å²) in [6, 6.07) is -1.47. The number of carboxylic acid groups (broad SMARTS) is 1. The summed E-state index contributed by atoms with van der Waals surface area (Å²) in [5.41, 5.74) is -0.568. The molecule has 6 nitrogen and oxygen atoms in total. The SMILES string of the molecule is CC(CCNC(=O)N[C@@H](C(=O)O)C(C)(C)C)S(C)=O. The van der Waals surface area contributed by atoms with Gasteiger partial charge in [0.2, 0.25) is 0 Å². The Hall–Kier alpha value is -1.11. The molecule has 0 spiro atoms. The first kappa shape index (κ1) is 17.9. The molecular formula is C12H24N2O4S. The van der Waals surface area contributed by atoms with Crippen molar-refractivity contribution in [2.24, 2.45) is 5.41 Å². The van der Waals surface area contributed by atoms with Gasteiger partial charge in [0.1, 0.15) is 6.04 Å². The molecule has 0 aliphatic heterocycles. The van der Waals surface area contributed by atoms with E-state index in [9.17, 15) is 13.8 Å². The van der Waals surface area contributed by atoms with Gasteiger partial charge in [-0.25, -0.2) is 9.59 Å². The fraction of sp³-hybridized carbons (Fsp3) is 0.833. The third-order valence-electron chi connectivity index (χ3n) is 2.79. The Morgan fingerprint density at radius 3 is 2.21 bits per heavy atom. The van der Waals surface area contributed by atoms with Crippen LogP contribution in [0.5, 0.6) is 0 Å². The smallest absolute Gasteiger partial charge is 0.326 e. The fourth-order valence-electron chi connectivity index (χ4n) is 1.39. The average molecular weight is 292 g/mol. The molecule has 7 heteroatoms. The van der Waals surface area contributed by atoms with Gasteiger partial charge in [0.25, 0.3) is 0 Å². The monoisotopic (exact) mass is 292 g/mol. The van der Waals surface area contributed by atoms with Crippen LogP contribution in [0.2, 0.25) is 0 Å². The summed E-state index contributed by atoms with van der Waals surface area (Å²) in [6.45, 7) is 7.44. The summed E-state index contributed by atoms with van der Waals surface area (Å²) in [5.74, 6) is -1.06. The number of carboxylic acids is 1. The Morgan fingerprint density at radius 2 is 1.84 bits per heavy atom. The summed E-state index contributed by atoms with van der Waals surface area (Å²) in [5, 5.41) is 14.1. The predicted molar refractivity (Wildman–Crippen MR) is 75.6 cm³/mol. The van der Waals surface area contributed by atoms with E-state index < -0.39 is 34.3 Å². The van der Waals surface area contributed by atoms with Crippen molar-refractivity contribution in [1.82, 2.24) is 10.6 Å². The van der Waals surface area contributed by atoms with Crippen molar-refractivity contribution >= 4 is 22.8 Å². The Kier molecular flexibility index (Phi) is 7.04. The Bertz CT molecular complexity index is 352. The van der Waals surface area contributed by atoms with Gasteiger partial charge in [-0.2, -0.15) is 0 Å². The van der Waals surface area contributed by atoms with Gasteiger partial charge in [0, 0.05) is 28.9 Å². The molecule has 0 aromatic heterocycles. The quantitative estimate of drug-likeness (QED) is 0.679. The zero-order valence-corrected chi connectivity index (χ0v) is 13.0. The number of hydrogen-bond donors (Lipinski definition) is 3. The van der Waals surface area contributed by atoms with Crippen molar-refractivity contribution in [3.63, 3.8) is 0 Å². The second-order valence-corrected chi connectivity index (χ2v) is 7.44. The van der Waals surface area contributed by atoms with Gasteiger partial charge in [-0.3, -0.25) is 4.21 Å². The molecule has 0 saturated carbocycles. The summed E-state index contributed by atoms with van der Waals surface area (Å²) in [4.78, 5) is 22.7. The molecule has 0 heterocycles. The number of nitrogens with one attached hydrogen (secondary N) is 2. The first-order valence-corrected chi connectivity index (χ1v) is 7.77. The lowest BCUT2D eigenvalue weighted by Crippen LogP contribution is -2.52. The van der Waals surface area contributed by atoms with Crippen LogP contribution in [0.4, 0.5) is 4.79 Å². The number of urea groups is 1. The van der Waals surface area contributed by atoms with Gasteiger partial charge in [0.15, 0.2) is 0 Å². The van der Waals surface area contributed by atoms with Gasteiger partial charge in [-0.1, -0.05) is 27.7 Å². The lowest BCUT2D eigenvalue weighted by atomic mass is 9.87. The van der Waals surface area contributed by atoms with Crippen LogP contribution in [0.25, 0.3) is 0 Å². The fourth-order valence-corrected chi connectivity index (χ4v) is 1.84. The maximum atomic E-state index is 11.6. The minimum absolute atomic E-state index is 0.00168. The lowest BCUT2D eigenvalue weighted by Gasteiger charge is -2.27. The van der Waals surface area contributed by atoms with E-state index in [2.05, 4.69) is 10.6 Å². The van der Waals surface area contributed by atoms with Gasteiger partial charge in [-0.15, -0.1) is 0 Å². The van der Waals surface area contributed by atoms with E-state index >= 15 is 0 Å². The van der Waals surface area contributed by atoms with E-state index in [1.807, 2.05) is 6.92 Å². The van der Waals surface area contributed by atoms with Crippen LogP contribution in [0.3, 0.4) is 0 Å². The molecular weight excluding hydrogens is 268 g/mol. The highest BCUT2D eigenvalue weighted by molar-refractivity contribution is 7.84. The number of carbonyl (C=O) groups excluding carboxylic acids is 1. The Morgan fingerprint density at radius 1 is 1.32 bits per heavy atom. The number of aliphatic carboxylic acids is 1. The summed E-state index contributed by atoms with van der Waals surface area (Å²) < 4.78 is 11.1. The molecule has 0 aromatic carbocycles. The van der Waals surface area contributed by atoms with E-state index in [-0.39, 0.29) is 5.25 Å². The van der Waals surface area contributed by atoms with E-state index in [0.717, 1.165) is 0 Å². The van der Waals surface area contributed by atoms with E-state index in [1.165, 1.54) is 0 Å². The summed E-state index contributed by atoms with van der Waals surface area (Å²) in [7, 11) is -0.923. The Balaban J connectivity index is 4.23. The van der Waals surface area contributed by atoms with E-state index in [1.54, 1.807) is 27.0 Å². The minimum atomic E-state index is -1.06. The van der Waals surface area contributed by atoms with E-state index in [4.69, 9.17) is 5.11 Å². The van der Waals surface area contributed by atoms with Crippen LogP contribution >= 0.6 is 0 Å². The van der Waals surface area contributed by atoms with Crippen LogP contribution < -0.4 is 10.6 Å². The zero-order valence-electron chi connectivity index (χ0n) is 12.1. The maximum Gasteiger partial charge on any atom is 0.326 e. The van der Waals surface area contributed by atoms with Crippen molar-refractivity contribution in [2.75, 3.05) is 12.8 Å².